The molecule has 0 spiro atoms. The summed E-state index contributed by atoms with van der Waals surface area (Å²) < 4.78 is 40.1. The zero-order valence-electron chi connectivity index (χ0n) is 18.8. The van der Waals surface area contributed by atoms with Gasteiger partial charge in [-0.3, -0.25) is 0 Å². The minimum absolute atomic E-state index is 0.175. The second kappa shape index (κ2) is 8.75. The Morgan fingerprint density at radius 2 is 0.886 bits per heavy atom. The van der Waals surface area contributed by atoms with Crippen LogP contribution in [0.5, 0.6) is 0 Å². The molecule has 3 heterocycles. The van der Waals surface area contributed by atoms with Gasteiger partial charge in [0.1, 0.15) is 11.0 Å². The Morgan fingerprint density at radius 1 is 0.514 bits per heavy atom. The lowest BCUT2D eigenvalue weighted by atomic mass is 10.0. The largest absolute Gasteiger partial charge is 0.203 e. The van der Waals surface area contributed by atoms with Gasteiger partial charge in [0.05, 0.1) is 22.9 Å². The predicted octanol–water partition coefficient (Wildman–Crippen LogP) is 9.38. The summed E-state index contributed by atoms with van der Waals surface area (Å²) in [6.07, 6.45) is 0. The number of nitrogens with zero attached hydrogens (tertiary/aromatic N) is 2. The van der Waals surface area contributed by atoms with Crippen LogP contribution in [0.15, 0.2) is 72.8 Å². The molecule has 7 heteroatoms. The third-order valence-corrected chi connectivity index (χ3v) is 8.80. The molecule has 0 aliphatic heterocycles. The van der Waals surface area contributed by atoms with Crippen LogP contribution in [0.2, 0.25) is 0 Å². The van der Waals surface area contributed by atoms with E-state index >= 15 is 8.78 Å². The summed E-state index contributed by atoms with van der Waals surface area (Å²) in [6, 6.07) is 23.8. The molecule has 0 atom stereocenters. The SMILES string of the molecule is Cc1ccc(-c2ccc(-c3c(F)c(F)c(-c4ccc(-c5ccc(C)cc5)s4)c4nsnc34)s2)cc1. The van der Waals surface area contributed by atoms with Gasteiger partial charge in [-0.2, -0.15) is 8.75 Å². The predicted molar refractivity (Wildman–Crippen MR) is 144 cm³/mol. The molecule has 0 saturated carbocycles. The van der Waals surface area contributed by atoms with Crippen molar-refractivity contribution < 1.29 is 8.78 Å². The maximum absolute atomic E-state index is 15.7. The van der Waals surface area contributed by atoms with Gasteiger partial charge in [0, 0.05) is 19.5 Å². The third-order valence-electron chi connectivity index (χ3n) is 5.97. The quantitative estimate of drug-likeness (QED) is 0.233. The van der Waals surface area contributed by atoms with E-state index in [1.54, 1.807) is 0 Å². The van der Waals surface area contributed by atoms with Crippen LogP contribution in [0.1, 0.15) is 11.1 Å². The van der Waals surface area contributed by atoms with Crippen molar-refractivity contribution in [3.63, 3.8) is 0 Å². The normalized spacial score (nSPS) is 11.4. The van der Waals surface area contributed by atoms with Crippen LogP contribution in [-0.2, 0) is 0 Å². The van der Waals surface area contributed by atoms with Crippen molar-refractivity contribution >= 4 is 45.4 Å². The zero-order chi connectivity index (χ0) is 24.1. The highest BCUT2D eigenvalue weighted by atomic mass is 32.1. The number of rotatable bonds is 4. The van der Waals surface area contributed by atoms with Crippen LogP contribution in [-0.4, -0.2) is 8.75 Å². The average molecular weight is 517 g/mol. The first kappa shape index (κ1) is 22.2. The molecular weight excluding hydrogens is 499 g/mol. The fourth-order valence-corrected chi connectivity index (χ4v) is 6.75. The van der Waals surface area contributed by atoms with Gasteiger partial charge < -0.3 is 0 Å². The van der Waals surface area contributed by atoms with Crippen molar-refractivity contribution in [2.24, 2.45) is 0 Å². The molecule has 35 heavy (non-hydrogen) atoms. The highest BCUT2D eigenvalue weighted by Gasteiger charge is 2.26. The van der Waals surface area contributed by atoms with E-state index in [1.165, 1.54) is 33.8 Å². The number of hydrogen-bond acceptors (Lipinski definition) is 5. The second-order valence-electron chi connectivity index (χ2n) is 8.40. The second-order valence-corrected chi connectivity index (χ2v) is 11.1. The van der Waals surface area contributed by atoms with Crippen LogP contribution in [0, 0.1) is 25.5 Å². The summed E-state index contributed by atoms with van der Waals surface area (Å²) in [5, 5.41) is 0. The van der Waals surface area contributed by atoms with Gasteiger partial charge in [0.2, 0.25) is 0 Å². The van der Waals surface area contributed by atoms with Gasteiger partial charge in [-0.05, 0) is 49.2 Å². The summed E-state index contributed by atoms with van der Waals surface area (Å²) in [6.45, 7) is 4.07. The molecule has 2 nitrogen and oxygen atoms in total. The fraction of sp³-hybridized carbons (Fsp3) is 0.0714. The molecule has 0 saturated heterocycles. The van der Waals surface area contributed by atoms with E-state index in [0.29, 0.717) is 20.8 Å². The van der Waals surface area contributed by atoms with E-state index in [2.05, 4.69) is 8.75 Å². The first-order chi connectivity index (χ1) is 17.0. The van der Waals surface area contributed by atoms with Gasteiger partial charge in [-0.25, -0.2) is 8.78 Å². The van der Waals surface area contributed by atoms with Gasteiger partial charge in [0.15, 0.2) is 11.6 Å². The van der Waals surface area contributed by atoms with Crippen LogP contribution in [0.4, 0.5) is 8.78 Å². The first-order valence-corrected chi connectivity index (χ1v) is 13.3. The Kier molecular flexibility index (Phi) is 5.56. The Labute approximate surface area is 213 Å². The Morgan fingerprint density at radius 3 is 1.29 bits per heavy atom. The molecule has 0 bridgehead atoms. The third kappa shape index (κ3) is 3.89. The zero-order valence-corrected chi connectivity index (χ0v) is 21.3. The number of thiophene rings is 2. The van der Waals surface area contributed by atoms with E-state index in [0.717, 1.165) is 32.6 Å². The average Bonchev–Trinajstić information content (AvgIpc) is 3.62. The first-order valence-electron chi connectivity index (χ1n) is 11.0. The standard InChI is InChI=1S/C28H18F2N2S3/c1-15-3-7-17(8-4-15)19-11-13-21(33-19)23-25(29)26(30)24(28-27(23)31-35-32-28)22-14-12-20(34-22)18-9-5-16(2)6-10-18/h3-14H,1-2H3. The Hall–Kier alpha value is -3.26. The van der Waals surface area contributed by atoms with Crippen molar-refractivity contribution in [3.05, 3.63) is 95.6 Å². The van der Waals surface area contributed by atoms with E-state index in [-0.39, 0.29) is 11.1 Å². The fourth-order valence-electron chi connectivity index (χ4n) is 4.08. The lowest BCUT2D eigenvalue weighted by Gasteiger charge is -2.08. The van der Waals surface area contributed by atoms with Crippen molar-refractivity contribution in [3.8, 4) is 41.8 Å². The molecule has 0 N–H and O–H groups in total. The van der Waals surface area contributed by atoms with Crippen molar-refractivity contribution in [1.29, 1.82) is 0 Å². The van der Waals surface area contributed by atoms with Crippen molar-refractivity contribution in [2.45, 2.75) is 13.8 Å². The smallest absolute Gasteiger partial charge is 0.170 e. The van der Waals surface area contributed by atoms with Crippen LogP contribution in [0.3, 0.4) is 0 Å². The maximum atomic E-state index is 15.7. The maximum Gasteiger partial charge on any atom is 0.170 e. The van der Waals surface area contributed by atoms with E-state index < -0.39 is 11.6 Å². The lowest BCUT2D eigenvalue weighted by Crippen LogP contribution is -1.95. The van der Waals surface area contributed by atoms with Crippen molar-refractivity contribution in [2.75, 3.05) is 0 Å². The molecular formula is C28H18F2N2S3. The number of benzene rings is 3. The number of aryl methyl sites for hydroxylation is 2. The minimum Gasteiger partial charge on any atom is -0.203 e. The highest BCUT2D eigenvalue weighted by molar-refractivity contribution is 7.19. The molecule has 0 radical (unpaired) electrons. The topological polar surface area (TPSA) is 25.8 Å². The molecule has 3 aromatic carbocycles. The highest BCUT2D eigenvalue weighted by Crippen LogP contribution is 2.45. The van der Waals surface area contributed by atoms with E-state index in [9.17, 15) is 0 Å². The van der Waals surface area contributed by atoms with Crippen LogP contribution < -0.4 is 0 Å². The summed E-state index contributed by atoms with van der Waals surface area (Å²) in [5.41, 5.74) is 5.56. The molecule has 0 aliphatic carbocycles. The van der Waals surface area contributed by atoms with Crippen LogP contribution in [0.25, 0.3) is 52.8 Å². The lowest BCUT2D eigenvalue weighted by molar-refractivity contribution is 0.516. The Balaban J connectivity index is 1.46. The van der Waals surface area contributed by atoms with E-state index in [4.69, 9.17) is 0 Å². The van der Waals surface area contributed by atoms with Gasteiger partial charge in [-0.1, -0.05) is 59.7 Å². The van der Waals surface area contributed by atoms with Gasteiger partial charge in [-0.15, -0.1) is 22.7 Å². The van der Waals surface area contributed by atoms with Crippen LogP contribution >= 0.6 is 34.4 Å². The Bertz CT molecular complexity index is 1550. The summed E-state index contributed by atoms with van der Waals surface area (Å²) in [4.78, 5) is 3.24. The molecule has 0 fully saturated rings. The van der Waals surface area contributed by atoms with Gasteiger partial charge >= 0.3 is 0 Å². The molecule has 0 amide bonds. The molecule has 6 rings (SSSR count). The number of aromatic nitrogens is 2. The number of fused-ring (bicyclic) bond motifs is 1. The summed E-state index contributed by atoms with van der Waals surface area (Å²) in [7, 11) is 0. The molecule has 3 aromatic heterocycles. The minimum atomic E-state index is -0.886. The summed E-state index contributed by atoms with van der Waals surface area (Å²) in [5.74, 6) is -1.77. The number of halogens is 2. The molecule has 0 unspecified atom stereocenters. The van der Waals surface area contributed by atoms with Crippen molar-refractivity contribution in [1.82, 2.24) is 8.75 Å². The van der Waals surface area contributed by atoms with E-state index in [1.807, 2.05) is 86.6 Å². The molecule has 0 aliphatic rings. The summed E-state index contributed by atoms with van der Waals surface area (Å²) >= 11 is 3.82. The van der Waals surface area contributed by atoms with Gasteiger partial charge in [0.25, 0.3) is 0 Å². The monoisotopic (exact) mass is 516 g/mol. The number of hydrogen-bond donors (Lipinski definition) is 0. The molecule has 6 aromatic rings. The molecule has 172 valence electrons.